The Morgan fingerprint density at radius 1 is 1.14 bits per heavy atom. The minimum Gasteiger partial charge on any atom is -0.481 e. The number of ether oxygens (including phenoxy) is 1. The zero-order valence-electron chi connectivity index (χ0n) is 11.6. The number of carbonyl (C=O) groups is 1. The number of likely N-dealkylation sites (N-methyl/N-ethyl adjacent to an activating group) is 1. The SMILES string of the molecule is CN(Cc1cccc(F)c1)C(=O)COc1ccccc1F. The summed E-state index contributed by atoms with van der Waals surface area (Å²) < 4.78 is 31.5. The van der Waals surface area contributed by atoms with Crippen LogP contribution in [0.2, 0.25) is 0 Å². The number of hydrogen-bond acceptors (Lipinski definition) is 2. The maximum Gasteiger partial charge on any atom is 0.260 e. The highest BCUT2D eigenvalue weighted by molar-refractivity contribution is 5.77. The van der Waals surface area contributed by atoms with Crippen LogP contribution in [0.3, 0.4) is 0 Å². The number of carbonyl (C=O) groups excluding carboxylic acids is 1. The van der Waals surface area contributed by atoms with E-state index in [4.69, 9.17) is 4.74 Å². The molecule has 110 valence electrons. The van der Waals surface area contributed by atoms with Gasteiger partial charge < -0.3 is 9.64 Å². The third-order valence-electron chi connectivity index (χ3n) is 2.92. The number of hydrogen-bond donors (Lipinski definition) is 0. The average molecular weight is 291 g/mol. The van der Waals surface area contributed by atoms with Gasteiger partial charge in [0, 0.05) is 13.6 Å². The van der Waals surface area contributed by atoms with Gasteiger partial charge in [0.2, 0.25) is 0 Å². The van der Waals surface area contributed by atoms with E-state index in [1.165, 1.54) is 29.2 Å². The van der Waals surface area contributed by atoms with E-state index in [1.54, 1.807) is 31.3 Å². The van der Waals surface area contributed by atoms with E-state index in [1.807, 2.05) is 0 Å². The van der Waals surface area contributed by atoms with Crippen molar-refractivity contribution < 1.29 is 18.3 Å². The van der Waals surface area contributed by atoms with Crippen LogP contribution in [0.5, 0.6) is 5.75 Å². The van der Waals surface area contributed by atoms with Crippen LogP contribution in [-0.4, -0.2) is 24.5 Å². The molecule has 0 aromatic heterocycles. The highest BCUT2D eigenvalue weighted by Crippen LogP contribution is 2.15. The molecular formula is C16H15F2NO2. The second-order valence-electron chi connectivity index (χ2n) is 4.60. The van der Waals surface area contributed by atoms with E-state index in [0.717, 1.165) is 0 Å². The van der Waals surface area contributed by atoms with Crippen molar-refractivity contribution in [3.05, 3.63) is 65.7 Å². The third-order valence-corrected chi connectivity index (χ3v) is 2.92. The van der Waals surface area contributed by atoms with Crippen molar-refractivity contribution in [3.63, 3.8) is 0 Å². The van der Waals surface area contributed by atoms with Gasteiger partial charge in [-0.05, 0) is 29.8 Å². The fraction of sp³-hybridized carbons (Fsp3) is 0.188. The van der Waals surface area contributed by atoms with E-state index in [9.17, 15) is 13.6 Å². The monoisotopic (exact) mass is 291 g/mol. The molecule has 0 fully saturated rings. The molecule has 21 heavy (non-hydrogen) atoms. The Kier molecular flexibility index (Phi) is 4.87. The summed E-state index contributed by atoms with van der Waals surface area (Å²) in [5.41, 5.74) is 0.678. The van der Waals surface area contributed by atoms with E-state index in [-0.39, 0.29) is 30.6 Å². The third kappa shape index (κ3) is 4.27. The van der Waals surface area contributed by atoms with Crippen LogP contribution >= 0.6 is 0 Å². The highest BCUT2D eigenvalue weighted by atomic mass is 19.1. The quantitative estimate of drug-likeness (QED) is 0.847. The first kappa shape index (κ1) is 15.0. The molecule has 1 amide bonds. The first-order valence-corrected chi connectivity index (χ1v) is 6.42. The van der Waals surface area contributed by atoms with E-state index in [2.05, 4.69) is 0 Å². The van der Waals surface area contributed by atoms with Gasteiger partial charge in [-0.15, -0.1) is 0 Å². The Balaban J connectivity index is 1.90. The molecule has 0 saturated carbocycles. The zero-order chi connectivity index (χ0) is 15.2. The van der Waals surface area contributed by atoms with Gasteiger partial charge in [0.25, 0.3) is 5.91 Å². The van der Waals surface area contributed by atoms with Gasteiger partial charge in [0.05, 0.1) is 0 Å². The predicted octanol–water partition coefficient (Wildman–Crippen LogP) is 3.00. The molecule has 5 heteroatoms. The van der Waals surface area contributed by atoms with Crippen LogP contribution in [-0.2, 0) is 11.3 Å². The summed E-state index contributed by atoms with van der Waals surface area (Å²) in [6, 6.07) is 11.9. The van der Waals surface area contributed by atoms with Crippen LogP contribution in [0.15, 0.2) is 48.5 Å². The highest BCUT2D eigenvalue weighted by Gasteiger charge is 2.11. The van der Waals surface area contributed by atoms with Crippen LogP contribution < -0.4 is 4.74 Å². The van der Waals surface area contributed by atoms with Gasteiger partial charge in [0.15, 0.2) is 18.2 Å². The normalized spacial score (nSPS) is 10.2. The first-order chi connectivity index (χ1) is 10.1. The smallest absolute Gasteiger partial charge is 0.260 e. The van der Waals surface area contributed by atoms with E-state index >= 15 is 0 Å². The molecule has 0 saturated heterocycles. The van der Waals surface area contributed by atoms with Crippen LogP contribution in [0.1, 0.15) is 5.56 Å². The van der Waals surface area contributed by atoms with Crippen molar-refractivity contribution in [1.82, 2.24) is 4.90 Å². The van der Waals surface area contributed by atoms with Crippen molar-refractivity contribution in [3.8, 4) is 5.75 Å². The van der Waals surface area contributed by atoms with Gasteiger partial charge in [-0.25, -0.2) is 8.78 Å². The second-order valence-corrected chi connectivity index (χ2v) is 4.60. The summed E-state index contributed by atoms with van der Waals surface area (Å²) in [5, 5.41) is 0. The standard InChI is InChI=1S/C16H15F2NO2/c1-19(10-12-5-4-6-13(17)9-12)16(20)11-21-15-8-3-2-7-14(15)18/h2-9H,10-11H2,1H3. The molecule has 0 N–H and O–H groups in total. The van der Waals surface area contributed by atoms with Gasteiger partial charge in [-0.2, -0.15) is 0 Å². The van der Waals surface area contributed by atoms with E-state index < -0.39 is 5.82 Å². The Bertz CT molecular complexity index is 631. The number of halogens is 2. The molecule has 0 aliphatic heterocycles. The molecule has 0 bridgehead atoms. The van der Waals surface area contributed by atoms with Crippen molar-refractivity contribution in [2.24, 2.45) is 0 Å². The fourth-order valence-electron chi connectivity index (χ4n) is 1.81. The topological polar surface area (TPSA) is 29.5 Å². The maximum absolute atomic E-state index is 13.3. The summed E-state index contributed by atoms with van der Waals surface area (Å²) in [6.07, 6.45) is 0. The largest absolute Gasteiger partial charge is 0.481 e. The first-order valence-electron chi connectivity index (χ1n) is 6.42. The van der Waals surface area contributed by atoms with Crippen molar-refractivity contribution in [2.75, 3.05) is 13.7 Å². The fourth-order valence-corrected chi connectivity index (χ4v) is 1.81. The van der Waals surface area contributed by atoms with Gasteiger partial charge in [0.1, 0.15) is 5.82 Å². The predicted molar refractivity (Wildman–Crippen MR) is 74.8 cm³/mol. The van der Waals surface area contributed by atoms with Crippen molar-refractivity contribution in [1.29, 1.82) is 0 Å². The Morgan fingerprint density at radius 2 is 1.90 bits per heavy atom. The maximum atomic E-state index is 13.3. The molecule has 0 spiro atoms. The van der Waals surface area contributed by atoms with Crippen LogP contribution in [0.4, 0.5) is 8.78 Å². The Hall–Kier alpha value is -2.43. The number of nitrogens with zero attached hydrogens (tertiary/aromatic N) is 1. The summed E-state index contributed by atoms with van der Waals surface area (Å²) in [6.45, 7) is -0.00995. The summed E-state index contributed by atoms with van der Waals surface area (Å²) in [7, 11) is 1.58. The number of rotatable bonds is 5. The molecular weight excluding hydrogens is 276 g/mol. The molecule has 2 aromatic carbocycles. The summed E-state index contributed by atoms with van der Waals surface area (Å²) >= 11 is 0. The lowest BCUT2D eigenvalue weighted by atomic mass is 10.2. The summed E-state index contributed by atoms with van der Waals surface area (Å²) in [5.74, 6) is -1.15. The lowest BCUT2D eigenvalue weighted by Crippen LogP contribution is -2.31. The van der Waals surface area contributed by atoms with Crippen molar-refractivity contribution in [2.45, 2.75) is 6.54 Å². The molecule has 0 aliphatic rings. The molecule has 0 radical (unpaired) electrons. The number of para-hydroxylation sites is 1. The summed E-state index contributed by atoms with van der Waals surface area (Å²) in [4.78, 5) is 13.3. The lowest BCUT2D eigenvalue weighted by molar-refractivity contribution is -0.132. The Labute approximate surface area is 121 Å². The Morgan fingerprint density at radius 3 is 2.62 bits per heavy atom. The molecule has 0 aliphatic carbocycles. The molecule has 2 rings (SSSR count). The molecule has 3 nitrogen and oxygen atoms in total. The van der Waals surface area contributed by atoms with Gasteiger partial charge in [-0.3, -0.25) is 4.79 Å². The molecule has 0 atom stereocenters. The minimum absolute atomic E-state index is 0.0324. The number of amides is 1. The average Bonchev–Trinajstić information content (AvgIpc) is 2.46. The molecule has 0 unspecified atom stereocenters. The minimum atomic E-state index is -0.516. The number of benzene rings is 2. The van der Waals surface area contributed by atoms with Crippen LogP contribution in [0.25, 0.3) is 0 Å². The van der Waals surface area contributed by atoms with Gasteiger partial charge in [-0.1, -0.05) is 24.3 Å². The molecule has 2 aromatic rings. The molecule has 0 heterocycles. The van der Waals surface area contributed by atoms with Crippen LogP contribution in [0, 0.1) is 11.6 Å². The zero-order valence-corrected chi connectivity index (χ0v) is 11.6. The van der Waals surface area contributed by atoms with Gasteiger partial charge >= 0.3 is 0 Å². The lowest BCUT2D eigenvalue weighted by Gasteiger charge is -2.17. The van der Waals surface area contributed by atoms with Crippen molar-refractivity contribution >= 4 is 5.91 Å². The second kappa shape index (κ2) is 6.83. The van der Waals surface area contributed by atoms with E-state index in [0.29, 0.717) is 5.56 Å².